The predicted molar refractivity (Wildman–Crippen MR) is 108 cm³/mol. The largest absolute Gasteiger partial charge is 0.497 e. The normalized spacial score (nSPS) is 13.0. The molecular formula is C22H28N2O3. The number of benzene rings is 2. The first-order chi connectivity index (χ1) is 13.2. The topological polar surface area (TPSA) is 50.8 Å². The molecule has 0 saturated carbocycles. The van der Waals surface area contributed by atoms with E-state index in [1.165, 1.54) is 5.56 Å². The SMILES string of the molecule is CCN1CCCc2cccc(OCC(=O)NCCc3ccc(OC)cc3)c21. The molecule has 1 aliphatic rings. The molecule has 5 heteroatoms. The molecule has 0 radical (unpaired) electrons. The van der Waals surface area contributed by atoms with Gasteiger partial charge in [-0.2, -0.15) is 0 Å². The Kier molecular flexibility index (Phi) is 6.58. The Hall–Kier alpha value is -2.69. The molecule has 0 unspecified atom stereocenters. The van der Waals surface area contributed by atoms with Gasteiger partial charge >= 0.3 is 0 Å². The van der Waals surface area contributed by atoms with Crippen LogP contribution in [-0.4, -0.2) is 39.3 Å². The number of rotatable bonds is 8. The smallest absolute Gasteiger partial charge is 0.257 e. The lowest BCUT2D eigenvalue weighted by atomic mass is 10.0. The summed E-state index contributed by atoms with van der Waals surface area (Å²) in [6.07, 6.45) is 3.01. The Labute approximate surface area is 161 Å². The summed E-state index contributed by atoms with van der Waals surface area (Å²) >= 11 is 0. The minimum Gasteiger partial charge on any atom is -0.497 e. The van der Waals surface area contributed by atoms with Crippen molar-refractivity contribution in [2.24, 2.45) is 0 Å². The summed E-state index contributed by atoms with van der Waals surface area (Å²) in [5.41, 5.74) is 3.62. The molecule has 3 rings (SSSR count). The molecule has 5 nitrogen and oxygen atoms in total. The van der Waals surface area contributed by atoms with Crippen molar-refractivity contribution >= 4 is 11.6 Å². The Morgan fingerprint density at radius 1 is 1.19 bits per heavy atom. The zero-order valence-electron chi connectivity index (χ0n) is 16.2. The van der Waals surface area contributed by atoms with Crippen molar-refractivity contribution in [3.8, 4) is 11.5 Å². The molecule has 1 aliphatic heterocycles. The van der Waals surface area contributed by atoms with E-state index in [-0.39, 0.29) is 12.5 Å². The maximum atomic E-state index is 12.2. The van der Waals surface area contributed by atoms with Gasteiger partial charge in [-0.1, -0.05) is 24.3 Å². The maximum Gasteiger partial charge on any atom is 0.257 e. The third kappa shape index (κ3) is 4.94. The molecule has 0 aliphatic carbocycles. The van der Waals surface area contributed by atoms with Crippen molar-refractivity contribution in [1.29, 1.82) is 0 Å². The molecule has 0 atom stereocenters. The third-order valence-electron chi connectivity index (χ3n) is 4.91. The highest BCUT2D eigenvalue weighted by Gasteiger charge is 2.20. The molecule has 144 valence electrons. The number of methoxy groups -OCH3 is 1. The monoisotopic (exact) mass is 368 g/mol. The highest BCUT2D eigenvalue weighted by Crippen LogP contribution is 2.36. The molecule has 1 heterocycles. The summed E-state index contributed by atoms with van der Waals surface area (Å²) in [6, 6.07) is 14.0. The molecule has 2 aromatic carbocycles. The lowest BCUT2D eigenvalue weighted by Gasteiger charge is -2.31. The molecule has 0 spiro atoms. The van der Waals surface area contributed by atoms with Gasteiger partial charge in [-0.15, -0.1) is 0 Å². The highest BCUT2D eigenvalue weighted by atomic mass is 16.5. The number of aryl methyl sites for hydroxylation is 1. The number of anilines is 1. The summed E-state index contributed by atoms with van der Waals surface area (Å²) in [6.45, 7) is 4.76. The fourth-order valence-corrected chi connectivity index (χ4v) is 3.47. The van der Waals surface area contributed by atoms with Crippen molar-refractivity contribution in [1.82, 2.24) is 5.32 Å². The van der Waals surface area contributed by atoms with Gasteiger partial charge in [0.2, 0.25) is 0 Å². The Morgan fingerprint density at radius 2 is 2.00 bits per heavy atom. The standard InChI is InChI=1S/C22H28N2O3/c1-3-24-15-5-7-18-6-4-8-20(22(18)24)27-16-21(25)23-14-13-17-9-11-19(26-2)12-10-17/h4,6,8-12H,3,5,7,13-16H2,1-2H3,(H,23,25). The highest BCUT2D eigenvalue weighted by molar-refractivity contribution is 5.78. The lowest BCUT2D eigenvalue weighted by Crippen LogP contribution is -2.32. The quantitative estimate of drug-likeness (QED) is 0.777. The number of fused-ring (bicyclic) bond motifs is 1. The van der Waals surface area contributed by atoms with Gasteiger partial charge in [-0.05, 0) is 55.5 Å². The number of para-hydroxylation sites is 1. The summed E-state index contributed by atoms with van der Waals surface area (Å²) in [5, 5.41) is 2.93. The number of carbonyl (C=O) groups is 1. The second kappa shape index (κ2) is 9.31. The van der Waals surface area contributed by atoms with E-state index in [2.05, 4.69) is 23.2 Å². The van der Waals surface area contributed by atoms with Crippen molar-refractivity contribution < 1.29 is 14.3 Å². The van der Waals surface area contributed by atoms with Gasteiger partial charge in [0.15, 0.2) is 6.61 Å². The predicted octanol–water partition coefficient (Wildman–Crippen LogP) is 3.21. The average Bonchev–Trinajstić information content (AvgIpc) is 2.72. The molecular weight excluding hydrogens is 340 g/mol. The van der Waals surface area contributed by atoms with E-state index in [9.17, 15) is 4.79 Å². The van der Waals surface area contributed by atoms with Crippen LogP contribution in [0.25, 0.3) is 0 Å². The molecule has 2 aromatic rings. The Balaban J connectivity index is 1.49. The summed E-state index contributed by atoms with van der Waals surface area (Å²) in [7, 11) is 1.65. The van der Waals surface area contributed by atoms with Gasteiger partial charge < -0.3 is 19.7 Å². The zero-order chi connectivity index (χ0) is 19.1. The minimum absolute atomic E-state index is 0.0383. The van der Waals surface area contributed by atoms with Crippen molar-refractivity contribution in [2.75, 3.05) is 38.3 Å². The van der Waals surface area contributed by atoms with Crippen LogP contribution in [0.3, 0.4) is 0 Å². The van der Waals surface area contributed by atoms with Crippen LogP contribution in [0, 0.1) is 0 Å². The van der Waals surface area contributed by atoms with Crippen LogP contribution in [0.1, 0.15) is 24.5 Å². The van der Waals surface area contributed by atoms with Crippen LogP contribution in [0.5, 0.6) is 11.5 Å². The molecule has 0 aromatic heterocycles. The first kappa shape index (κ1) is 19.1. The van der Waals surface area contributed by atoms with E-state index < -0.39 is 0 Å². The summed E-state index contributed by atoms with van der Waals surface area (Å²) in [4.78, 5) is 14.5. The Morgan fingerprint density at radius 3 is 2.74 bits per heavy atom. The maximum absolute atomic E-state index is 12.2. The van der Waals surface area contributed by atoms with Gasteiger partial charge in [-0.25, -0.2) is 0 Å². The van der Waals surface area contributed by atoms with Crippen LogP contribution in [0.4, 0.5) is 5.69 Å². The van der Waals surface area contributed by atoms with Gasteiger partial charge in [0.25, 0.3) is 5.91 Å². The van der Waals surface area contributed by atoms with Gasteiger partial charge in [0, 0.05) is 19.6 Å². The van der Waals surface area contributed by atoms with Gasteiger partial charge in [0.1, 0.15) is 11.5 Å². The van der Waals surface area contributed by atoms with E-state index in [0.717, 1.165) is 55.1 Å². The van der Waals surface area contributed by atoms with Crippen molar-refractivity contribution in [3.63, 3.8) is 0 Å². The number of nitrogens with one attached hydrogen (secondary N) is 1. The molecule has 0 fully saturated rings. The van der Waals surface area contributed by atoms with Crippen LogP contribution in [-0.2, 0) is 17.6 Å². The van der Waals surface area contributed by atoms with Crippen LogP contribution < -0.4 is 19.7 Å². The molecule has 0 bridgehead atoms. The molecule has 0 saturated heterocycles. The van der Waals surface area contributed by atoms with Gasteiger partial charge in [0.05, 0.1) is 12.8 Å². The average molecular weight is 368 g/mol. The van der Waals surface area contributed by atoms with E-state index >= 15 is 0 Å². The lowest BCUT2D eigenvalue weighted by molar-refractivity contribution is -0.123. The van der Waals surface area contributed by atoms with Crippen LogP contribution >= 0.6 is 0 Å². The summed E-state index contributed by atoms with van der Waals surface area (Å²) in [5.74, 6) is 1.54. The van der Waals surface area contributed by atoms with Gasteiger partial charge in [-0.3, -0.25) is 4.79 Å². The number of ether oxygens (including phenoxy) is 2. The minimum atomic E-state index is -0.0972. The fourth-order valence-electron chi connectivity index (χ4n) is 3.47. The second-order valence-electron chi connectivity index (χ2n) is 6.68. The van der Waals surface area contributed by atoms with E-state index in [0.29, 0.717) is 6.54 Å². The Bertz CT molecular complexity index is 759. The van der Waals surface area contributed by atoms with Crippen LogP contribution in [0.15, 0.2) is 42.5 Å². The molecule has 1 N–H and O–H groups in total. The van der Waals surface area contributed by atoms with E-state index in [1.54, 1.807) is 7.11 Å². The summed E-state index contributed by atoms with van der Waals surface area (Å²) < 4.78 is 11.0. The van der Waals surface area contributed by atoms with E-state index in [1.807, 2.05) is 36.4 Å². The second-order valence-corrected chi connectivity index (χ2v) is 6.68. The first-order valence-corrected chi connectivity index (χ1v) is 9.60. The van der Waals surface area contributed by atoms with Crippen LogP contribution in [0.2, 0.25) is 0 Å². The first-order valence-electron chi connectivity index (χ1n) is 9.60. The number of hydrogen-bond donors (Lipinski definition) is 1. The molecule has 1 amide bonds. The third-order valence-corrected chi connectivity index (χ3v) is 4.91. The number of carbonyl (C=O) groups excluding carboxylic acids is 1. The number of amides is 1. The fraction of sp³-hybridized carbons (Fsp3) is 0.409. The number of nitrogens with zero attached hydrogens (tertiary/aromatic N) is 1. The molecule has 27 heavy (non-hydrogen) atoms. The van der Waals surface area contributed by atoms with Crippen molar-refractivity contribution in [3.05, 3.63) is 53.6 Å². The van der Waals surface area contributed by atoms with E-state index in [4.69, 9.17) is 9.47 Å². The van der Waals surface area contributed by atoms with Crippen molar-refractivity contribution in [2.45, 2.75) is 26.2 Å². The number of hydrogen-bond acceptors (Lipinski definition) is 4. The zero-order valence-corrected chi connectivity index (χ0v) is 16.2.